The topological polar surface area (TPSA) is 32.7 Å². The minimum atomic E-state index is 0.0314. The third-order valence-corrected chi connectivity index (χ3v) is 3.39. The molecule has 1 unspecified atom stereocenters. The van der Waals surface area contributed by atoms with E-state index >= 15 is 0 Å². The Morgan fingerprint density at radius 3 is 2.79 bits per heavy atom. The molecule has 0 amide bonds. The number of ether oxygens (including phenoxy) is 1. The van der Waals surface area contributed by atoms with E-state index in [4.69, 9.17) is 4.74 Å². The van der Waals surface area contributed by atoms with E-state index in [0.29, 0.717) is 0 Å². The fourth-order valence-electron chi connectivity index (χ4n) is 2.33. The zero-order chi connectivity index (χ0) is 10.0. The summed E-state index contributed by atoms with van der Waals surface area (Å²) in [4.78, 5) is 2.36. The molecule has 1 aliphatic heterocycles. The van der Waals surface area contributed by atoms with Crippen molar-refractivity contribution in [1.82, 2.24) is 4.90 Å². The van der Waals surface area contributed by atoms with Gasteiger partial charge in [-0.1, -0.05) is 0 Å². The molecule has 0 bridgehead atoms. The minimum Gasteiger partial charge on any atom is -0.396 e. The minimum absolute atomic E-state index is 0.0314. The Hall–Kier alpha value is -0.120. The molecule has 1 heterocycles. The van der Waals surface area contributed by atoms with Gasteiger partial charge in [0.05, 0.1) is 13.2 Å². The molecule has 2 rings (SSSR count). The van der Waals surface area contributed by atoms with Gasteiger partial charge in [0, 0.05) is 25.1 Å². The highest BCUT2D eigenvalue weighted by molar-refractivity contribution is 4.86. The van der Waals surface area contributed by atoms with Gasteiger partial charge in [-0.15, -0.1) is 0 Å². The lowest BCUT2D eigenvalue weighted by Gasteiger charge is -2.30. The third kappa shape index (κ3) is 2.47. The first-order valence-electron chi connectivity index (χ1n) is 5.61. The molecule has 1 aliphatic carbocycles. The molecule has 82 valence electrons. The molecule has 0 aromatic heterocycles. The van der Waals surface area contributed by atoms with E-state index in [2.05, 4.69) is 11.9 Å². The molecule has 2 aliphatic rings. The van der Waals surface area contributed by atoms with Crippen molar-refractivity contribution >= 4 is 0 Å². The molecule has 3 heteroatoms. The van der Waals surface area contributed by atoms with Gasteiger partial charge in [0.15, 0.2) is 0 Å². The van der Waals surface area contributed by atoms with Crippen LogP contribution in [0.1, 0.15) is 19.3 Å². The van der Waals surface area contributed by atoms with Crippen LogP contribution in [-0.2, 0) is 4.74 Å². The summed E-state index contributed by atoms with van der Waals surface area (Å²) in [5.74, 6) is 0.929. The van der Waals surface area contributed by atoms with E-state index < -0.39 is 0 Å². The number of aliphatic hydroxyl groups excluding tert-OH is 1. The van der Waals surface area contributed by atoms with Gasteiger partial charge in [0.25, 0.3) is 0 Å². The van der Waals surface area contributed by atoms with Crippen molar-refractivity contribution in [3.63, 3.8) is 0 Å². The van der Waals surface area contributed by atoms with E-state index in [9.17, 15) is 5.11 Å². The average molecular weight is 199 g/mol. The highest BCUT2D eigenvalue weighted by atomic mass is 16.5. The SMILES string of the molecule is CN(CC1CC1)CC1(CO)CCOC1. The highest BCUT2D eigenvalue weighted by Gasteiger charge is 2.36. The Morgan fingerprint density at radius 1 is 1.50 bits per heavy atom. The normalized spacial score (nSPS) is 32.8. The molecule has 1 saturated heterocycles. The maximum atomic E-state index is 9.41. The molecule has 3 nitrogen and oxygen atoms in total. The largest absolute Gasteiger partial charge is 0.396 e. The Kier molecular flexibility index (Phi) is 3.10. The first kappa shape index (κ1) is 10.4. The lowest BCUT2D eigenvalue weighted by molar-refractivity contribution is 0.0632. The fraction of sp³-hybridized carbons (Fsp3) is 1.00. The lowest BCUT2D eigenvalue weighted by Crippen LogP contribution is -2.39. The van der Waals surface area contributed by atoms with E-state index in [-0.39, 0.29) is 12.0 Å². The zero-order valence-electron chi connectivity index (χ0n) is 9.04. The number of aliphatic hydroxyl groups is 1. The summed E-state index contributed by atoms with van der Waals surface area (Å²) < 4.78 is 5.39. The van der Waals surface area contributed by atoms with Gasteiger partial charge < -0.3 is 14.7 Å². The first-order chi connectivity index (χ1) is 6.74. The lowest BCUT2D eigenvalue weighted by atomic mass is 9.88. The Bertz CT molecular complexity index is 186. The van der Waals surface area contributed by atoms with Crippen LogP contribution in [0.3, 0.4) is 0 Å². The summed E-state index contributed by atoms with van der Waals surface area (Å²) in [5, 5.41) is 9.41. The molecule has 2 fully saturated rings. The zero-order valence-corrected chi connectivity index (χ0v) is 9.04. The van der Waals surface area contributed by atoms with Gasteiger partial charge in [0.2, 0.25) is 0 Å². The third-order valence-electron chi connectivity index (χ3n) is 3.39. The van der Waals surface area contributed by atoms with Crippen LogP contribution in [-0.4, -0.2) is 50.0 Å². The smallest absolute Gasteiger partial charge is 0.0557 e. The highest BCUT2D eigenvalue weighted by Crippen LogP contribution is 2.32. The van der Waals surface area contributed by atoms with Gasteiger partial charge in [0.1, 0.15) is 0 Å². The number of rotatable bonds is 5. The summed E-state index contributed by atoms with van der Waals surface area (Å²) in [6.07, 6.45) is 3.80. The number of hydrogen-bond acceptors (Lipinski definition) is 3. The molecular formula is C11H21NO2. The second-order valence-corrected chi connectivity index (χ2v) is 5.10. The average Bonchev–Trinajstić information content (AvgIpc) is 2.83. The Balaban J connectivity index is 1.79. The second kappa shape index (κ2) is 4.17. The monoisotopic (exact) mass is 199 g/mol. The maximum Gasteiger partial charge on any atom is 0.0557 e. The predicted molar refractivity (Wildman–Crippen MR) is 55.2 cm³/mol. The molecular weight excluding hydrogens is 178 g/mol. The quantitative estimate of drug-likeness (QED) is 0.708. The van der Waals surface area contributed by atoms with E-state index in [1.165, 1.54) is 19.4 Å². The molecule has 1 N–H and O–H groups in total. The molecule has 1 atom stereocenters. The van der Waals surface area contributed by atoms with Crippen molar-refractivity contribution in [2.45, 2.75) is 19.3 Å². The summed E-state index contributed by atoms with van der Waals surface area (Å²) >= 11 is 0. The van der Waals surface area contributed by atoms with Crippen molar-refractivity contribution in [3.05, 3.63) is 0 Å². The van der Waals surface area contributed by atoms with Gasteiger partial charge in [-0.05, 0) is 32.2 Å². The number of nitrogens with zero attached hydrogens (tertiary/aromatic N) is 1. The van der Waals surface area contributed by atoms with Crippen LogP contribution < -0.4 is 0 Å². The number of hydrogen-bond donors (Lipinski definition) is 1. The van der Waals surface area contributed by atoms with Gasteiger partial charge in [-0.25, -0.2) is 0 Å². The van der Waals surface area contributed by atoms with Crippen molar-refractivity contribution in [3.8, 4) is 0 Å². The van der Waals surface area contributed by atoms with E-state index in [0.717, 1.165) is 32.1 Å². The Morgan fingerprint density at radius 2 is 2.29 bits per heavy atom. The fourth-order valence-corrected chi connectivity index (χ4v) is 2.33. The second-order valence-electron chi connectivity index (χ2n) is 5.10. The van der Waals surface area contributed by atoms with Crippen LogP contribution in [0.25, 0.3) is 0 Å². The van der Waals surface area contributed by atoms with Crippen molar-refractivity contribution in [2.24, 2.45) is 11.3 Å². The van der Waals surface area contributed by atoms with Crippen LogP contribution in [0.5, 0.6) is 0 Å². The molecule has 0 radical (unpaired) electrons. The molecule has 1 saturated carbocycles. The summed E-state index contributed by atoms with van der Waals surface area (Å²) in [6.45, 7) is 4.00. The van der Waals surface area contributed by atoms with Gasteiger partial charge >= 0.3 is 0 Å². The first-order valence-corrected chi connectivity index (χ1v) is 5.61. The van der Waals surface area contributed by atoms with Gasteiger partial charge in [-0.3, -0.25) is 0 Å². The maximum absolute atomic E-state index is 9.41. The predicted octanol–water partition coefficient (Wildman–Crippen LogP) is 0.727. The summed E-state index contributed by atoms with van der Waals surface area (Å²) in [7, 11) is 2.16. The standard InChI is InChI=1S/C11H21NO2/c1-12(6-10-2-3-10)7-11(8-13)4-5-14-9-11/h10,13H,2-9H2,1H3. The van der Waals surface area contributed by atoms with Crippen LogP contribution >= 0.6 is 0 Å². The van der Waals surface area contributed by atoms with Crippen LogP contribution in [0, 0.1) is 11.3 Å². The van der Waals surface area contributed by atoms with E-state index in [1.54, 1.807) is 0 Å². The van der Waals surface area contributed by atoms with Crippen LogP contribution in [0.2, 0.25) is 0 Å². The van der Waals surface area contributed by atoms with Crippen molar-refractivity contribution in [2.75, 3.05) is 40.0 Å². The van der Waals surface area contributed by atoms with Crippen molar-refractivity contribution < 1.29 is 9.84 Å². The molecule has 0 aromatic rings. The van der Waals surface area contributed by atoms with Crippen LogP contribution in [0.15, 0.2) is 0 Å². The molecule has 0 spiro atoms. The molecule has 14 heavy (non-hydrogen) atoms. The van der Waals surface area contributed by atoms with Gasteiger partial charge in [-0.2, -0.15) is 0 Å². The summed E-state index contributed by atoms with van der Waals surface area (Å²) in [6, 6.07) is 0. The molecule has 0 aromatic carbocycles. The Labute approximate surface area is 86.0 Å². The van der Waals surface area contributed by atoms with Crippen LogP contribution in [0.4, 0.5) is 0 Å². The summed E-state index contributed by atoms with van der Waals surface area (Å²) in [5.41, 5.74) is 0.0314. The van der Waals surface area contributed by atoms with E-state index in [1.807, 2.05) is 0 Å². The van der Waals surface area contributed by atoms with Crippen molar-refractivity contribution in [1.29, 1.82) is 0 Å².